The molecule has 3 N–H and O–H groups in total. The molecule has 24 heteroatoms. The molecule has 1 amide bonds. The molecule has 0 unspecified atom stereocenters. The molecule has 24 nitrogen and oxygen atoms in total. The summed E-state index contributed by atoms with van der Waals surface area (Å²) >= 11 is 0. The van der Waals surface area contributed by atoms with Crippen molar-refractivity contribution in [3.05, 3.63) is 178 Å². The van der Waals surface area contributed by atoms with Crippen molar-refractivity contribution in [1.29, 1.82) is 0 Å². The molecule has 93 heavy (non-hydrogen) atoms. The second kappa shape index (κ2) is 31.0. The average Bonchev–Trinajstić information content (AvgIpc) is 2.75. The van der Waals surface area contributed by atoms with Gasteiger partial charge in [-0.15, -0.1) is 20.4 Å². The van der Waals surface area contributed by atoms with E-state index in [0.29, 0.717) is 78.4 Å². The molecule has 484 valence electrons. The molecule has 13 rings (SSSR count). The van der Waals surface area contributed by atoms with Gasteiger partial charge in [-0.25, -0.2) is 4.98 Å². The molecular formula is C69H78N14O10. The number of ether oxygens (including phenoxy) is 6. The molecule has 0 aromatic carbocycles. The maximum atomic E-state index is 12.5. The highest BCUT2D eigenvalue weighted by Crippen LogP contribution is 2.39. The third kappa shape index (κ3) is 17.4. The Hall–Kier alpha value is -9.78. The SMILES string of the molecule is C=C(NC1CCOCC1)c1ccc(OCc2c(-c3ccc(C)nc3)noc2C)nn1.C=C(NC1CCOCC1)c1ccc(OCc2c(-c3ccc(C4CC4)nc3)noc2C)nc1.Cc1ccc(-c2noc(C)c2COc2nnc(C(=O)NC3CCOCC3)cc2C)cn1. The number of carbonyl (C=O) groups excluding carboxylic acids is 1. The van der Waals surface area contributed by atoms with Gasteiger partial charge < -0.3 is 57.9 Å². The summed E-state index contributed by atoms with van der Waals surface area (Å²) in [5.41, 5.74) is 14.7. The Kier molecular flexibility index (Phi) is 21.6. The number of nitrogens with zero attached hydrogens (tertiary/aromatic N) is 11. The Morgan fingerprint density at radius 1 is 0.473 bits per heavy atom. The summed E-state index contributed by atoms with van der Waals surface area (Å²) in [6.07, 6.45) is 15.2. The van der Waals surface area contributed by atoms with E-state index >= 15 is 0 Å². The first-order chi connectivity index (χ1) is 45.3. The van der Waals surface area contributed by atoms with E-state index in [1.165, 1.54) is 12.8 Å². The molecule has 0 spiro atoms. The number of aromatic nitrogens is 11. The Labute approximate surface area is 539 Å². The maximum Gasteiger partial charge on any atom is 0.272 e. The van der Waals surface area contributed by atoms with E-state index in [9.17, 15) is 4.79 Å². The van der Waals surface area contributed by atoms with Crippen molar-refractivity contribution in [1.82, 2.24) is 71.8 Å². The van der Waals surface area contributed by atoms with Gasteiger partial charge in [0.15, 0.2) is 5.69 Å². The first-order valence-corrected chi connectivity index (χ1v) is 31.4. The highest BCUT2D eigenvalue weighted by molar-refractivity contribution is 5.92. The van der Waals surface area contributed by atoms with Crippen LogP contribution >= 0.6 is 0 Å². The molecule has 3 saturated heterocycles. The van der Waals surface area contributed by atoms with E-state index in [4.69, 9.17) is 42.0 Å². The zero-order valence-electron chi connectivity index (χ0n) is 53.4. The standard InChI is InChI=1S/C25H28N4O3.C22H25N5O4.C22H25N5O3/c1-16(28-21-9-11-30-12-10-21)19-6-8-24(27-13-19)31-15-22-17(2)32-29-25(22)20-5-7-23(26-14-20)18-3-4-18;1-13-10-19(21(28)24-17-6-8-29-9-7-17)25-26-22(13)30-12-18-15(3)31-27-20(18)16-5-4-14(2)23-11-16;1-14-4-5-17(12-23-14)22-19(16(3)30-27-22)13-29-21-7-6-20(25-26-21)15(2)24-18-8-10-28-11-9-18/h5-8,13-14,18,21,28H,1,3-4,9-12,15H2,2H3;4-5,10-11,17H,6-9,12H2,1-3H3,(H,24,28);4-7,12,18,24H,2,8-11,13H2,1,3H3. The van der Waals surface area contributed by atoms with Crippen LogP contribution in [0.15, 0.2) is 118 Å². The van der Waals surface area contributed by atoms with Gasteiger partial charge in [-0.3, -0.25) is 19.7 Å². The number of hydrogen-bond donors (Lipinski definition) is 3. The first kappa shape index (κ1) is 64.7. The summed E-state index contributed by atoms with van der Waals surface area (Å²) in [4.78, 5) is 30.2. The van der Waals surface area contributed by atoms with E-state index in [1.807, 2.05) is 90.2 Å². The normalized spacial score (nSPS) is 15.2. The second-order valence-electron chi connectivity index (χ2n) is 23.4. The van der Waals surface area contributed by atoms with Gasteiger partial charge in [0, 0.05) is 151 Å². The number of amides is 1. The van der Waals surface area contributed by atoms with Crippen molar-refractivity contribution < 1.29 is 46.8 Å². The van der Waals surface area contributed by atoms with Crippen molar-refractivity contribution in [3.8, 4) is 51.4 Å². The molecule has 9 aromatic rings. The lowest BCUT2D eigenvalue weighted by Gasteiger charge is -2.25. The second-order valence-corrected chi connectivity index (χ2v) is 23.4. The Bertz CT molecular complexity index is 3930. The number of rotatable bonds is 21. The van der Waals surface area contributed by atoms with Crippen molar-refractivity contribution in [2.45, 2.75) is 137 Å². The van der Waals surface area contributed by atoms with E-state index in [2.05, 4.69) is 97.0 Å². The van der Waals surface area contributed by atoms with Crippen LogP contribution < -0.4 is 30.2 Å². The molecule has 0 bridgehead atoms. The summed E-state index contributed by atoms with van der Waals surface area (Å²) in [5, 5.41) is 39.0. The van der Waals surface area contributed by atoms with Crippen LogP contribution in [0.25, 0.3) is 45.2 Å². The Morgan fingerprint density at radius 3 is 1.40 bits per heavy atom. The van der Waals surface area contributed by atoms with Crippen LogP contribution in [0, 0.1) is 41.5 Å². The van der Waals surface area contributed by atoms with Crippen molar-refractivity contribution in [2.75, 3.05) is 39.6 Å². The predicted octanol–water partition coefficient (Wildman–Crippen LogP) is 11.0. The van der Waals surface area contributed by atoms with Gasteiger partial charge in [0.05, 0.1) is 22.4 Å². The molecule has 0 radical (unpaired) electrons. The maximum absolute atomic E-state index is 12.5. The van der Waals surface area contributed by atoms with E-state index in [0.717, 1.165) is 155 Å². The summed E-state index contributed by atoms with van der Waals surface area (Å²) in [6, 6.07) is 21.9. The molecule has 9 aromatic heterocycles. The summed E-state index contributed by atoms with van der Waals surface area (Å²) < 4.78 is 50.0. The largest absolute Gasteiger partial charge is 0.473 e. The molecule has 12 heterocycles. The van der Waals surface area contributed by atoms with Crippen LogP contribution in [0.5, 0.6) is 17.6 Å². The molecular weight excluding hydrogens is 1180 g/mol. The van der Waals surface area contributed by atoms with Crippen LogP contribution in [0.1, 0.15) is 136 Å². The third-order valence-electron chi connectivity index (χ3n) is 16.4. The lowest BCUT2D eigenvalue weighted by molar-refractivity contribution is 0.0693. The Morgan fingerprint density at radius 2 is 0.946 bits per heavy atom. The van der Waals surface area contributed by atoms with Gasteiger partial charge in [0.1, 0.15) is 59.9 Å². The lowest BCUT2D eigenvalue weighted by Crippen LogP contribution is -2.39. The number of hydrogen-bond acceptors (Lipinski definition) is 23. The molecule has 4 aliphatic rings. The quantitative estimate of drug-likeness (QED) is 0.0602. The van der Waals surface area contributed by atoms with Crippen LogP contribution in [-0.2, 0) is 34.0 Å². The molecule has 1 saturated carbocycles. The monoisotopic (exact) mass is 1260 g/mol. The summed E-state index contributed by atoms with van der Waals surface area (Å²) in [6.45, 7) is 24.8. The zero-order valence-corrected chi connectivity index (χ0v) is 53.4. The lowest BCUT2D eigenvalue weighted by atomic mass is 10.1. The summed E-state index contributed by atoms with van der Waals surface area (Å²) in [7, 11) is 0. The van der Waals surface area contributed by atoms with Gasteiger partial charge in [-0.1, -0.05) is 28.6 Å². The van der Waals surface area contributed by atoms with Crippen molar-refractivity contribution in [2.24, 2.45) is 0 Å². The summed E-state index contributed by atoms with van der Waals surface area (Å²) in [5.74, 6) is 3.81. The van der Waals surface area contributed by atoms with Gasteiger partial charge in [0.25, 0.3) is 5.91 Å². The third-order valence-corrected chi connectivity index (χ3v) is 16.4. The average molecular weight is 1260 g/mol. The zero-order chi connectivity index (χ0) is 64.6. The van der Waals surface area contributed by atoms with Crippen molar-refractivity contribution in [3.63, 3.8) is 0 Å². The van der Waals surface area contributed by atoms with Crippen LogP contribution in [0.2, 0.25) is 0 Å². The van der Waals surface area contributed by atoms with Gasteiger partial charge in [0.2, 0.25) is 17.6 Å². The minimum absolute atomic E-state index is 0.102. The van der Waals surface area contributed by atoms with Gasteiger partial charge in [-0.2, -0.15) is 0 Å². The minimum Gasteiger partial charge on any atom is -0.473 e. The Balaban J connectivity index is 0.000000143. The van der Waals surface area contributed by atoms with Gasteiger partial charge in [-0.05, 0) is 148 Å². The van der Waals surface area contributed by atoms with Crippen LogP contribution in [0.4, 0.5) is 0 Å². The first-order valence-electron chi connectivity index (χ1n) is 31.4. The van der Waals surface area contributed by atoms with E-state index < -0.39 is 0 Å². The van der Waals surface area contributed by atoms with Crippen molar-refractivity contribution >= 4 is 17.3 Å². The minimum atomic E-state index is -0.238. The fourth-order valence-electron chi connectivity index (χ4n) is 10.5. The molecule has 1 aliphatic carbocycles. The molecule has 3 aliphatic heterocycles. The van der Waals surface area contributed by atoms with Crippen LogP contribution in [-0.4, -0.2) is 119 Å². The topological polar surface area (TPSA) is 290 Å². The van der Waals surface area contributed by atoms with Gasteiger partial charge >= 0.3 is 0 Å². The fourth-order valence-corrected chi connectivity index (χ4v) is 10.5. The van der Waals surface area contributed by atoms with E-state index in [1.54, 1.807) is 30.7 Å². The number of aryl methyl sites for hydroxylation is 6. The number of nitrogens with one attached hydrogen (secondary N) is 3. The molecule has 4 fully saturated rings. The smallest absolute Gasteiger partial charge is 0.272 e. The number of pyridine rings is 4. The predicted molar refractivity (Wildman–Crippen MR) is 344 cm³/mol. The fraction of sp³-hybridized carbons (Fsp3) is 0.391. The highest BCUT2D eigenvalue weighted by atomic mass is 16.5. The van der Waals surface area contributed by atoms with E-state index in [-0.39, 0.29) is 30.9 Å². The molecule has 0 atom stereocenters. The highest BCUT2D eigenvalue weighted by Gasteiger charge is 2.26. The number of carbonyl (C=O) groups is 1. The van der Waals surface area contributed by atoms with Crippen LogP contribution in [0.3, 0.4) is 0 Å².